The van der Waals surface area contributed by atoms with Crippen LogP contribution in [-0.4, -0.2) is 22.3 Å². The number of nitrogens with zero attached hydrogens (tertiary/aromatic N) is 2. The standard InChI is InChI=1S/C12H11BrN4O/c1-8-6-11(16-15-8)12(18)17-14-7-9-4-2-3-5-10(9)13/h2-7H,1H3,(H,15,16)(H,17,18). The van der Waals surface area contributed by atoms with Gasteiger partial charge in [-0.15, -0.1) is 0 Å². The molecule has 0 aliphatic rings. The second-order valence-electron chi connectivity index (χ2n) is 3.66. The van der Waals surface area contributed by atoms with Crippen molar-refractivity contribution < 1.29 is 4.79 Å². The number of benzene rings is 1. The molecule has 2 rings (SSSR count). The van der Waals surface area contributed by atoms with Crippen molar-refractivity contribution in [3.63, 3.8) is 0 Å². The Morgan fingerprint density at radius 2 is 2.28 bits per heavy atom. The first-order valence-electron chi connectivity index (χ1n) is 5.27. The van der Waals surface area contributed by atoms with Gasteiger partial charge in [0.2, 0.25) is 0 Å². The fraction of sp³-hybridized carbons (Fsp3) is 0.0833. The van der Waals surface area contributed by atoms with E-state index in [-0.39, 0.29) is 5.91 Å². The topological polar surface area (TPSA) is 70.1 Å². The van der Waals surface area contributed by atoms with Crippen LogP contribution in [0, 0.1) is 6.92 Å². The Bertz CT molecular complexity index is 591. The minimum atomic E-state index is -0.345. The van der Waals surface area contributed by atoms with Crippen LogP contribution in [0.25, 0.3) is 0 Å². The number of rotatable bonds is 3. The molecule has 5 nitrogen and oxygen atoms in total. The van der Waals surface area contributed by atoms with E-state index < -0.39 is 0 Å². The van der Waals surface area contributed by atoms with Gasteiger partial charge in [-0.1, -0.05) is 34.1 Å². The molecular formula is C12H11BrN4O. The third-order valence-electron chi connectivity index (χ3n) is 2.21. The van der Waals surface area contributed by atoms with E-state index in [0.29, 0.717) is 5.69 Å². The third kappa shape index (κ3) is 3.04. The molecule has 92 valence electrons. The van der Waals surface area contributed by atoms with E-state index in [0.717, 1.165) is 15.7 Å². The SMILES string of the molecule is Cc1cc(C(=O)NN=Cc2ccccc2Br)n[nH]1. The van der Waals surface area contributed by atoms with Gasteiger partial charge in [0.15, 0.2) is 5.69 Å². The summed E-state index contributed by atoms with van der Waals surface area (Å²) in [6.45, 7) is 1.83. The maximum atomic E-state index is 11.6. The third-order valence-corrected chi connectivity index (χ3v) is 2.94. The summed E-state index contributed by atoms with van der Waals surface area (Å²) in [7, 11) is 0. The highest BCUT2D eigenvalue weighted by atomic mass is 79.9. The first-order chi connectivity index (χ1) is 8.66. The van der Waals surface area contributed by atoms with E-state index in [2.05, 4.69) is 36.7 Å². The Hall–Kier alpha value is -1.95. The summed E-state index contributed by atoms with van der Waals surface area (Å²) in [5, 5.41) is 10.4. The molecule has 0 aliphatic heterocycles. The van der Waals surface area contributed by atoms with Crippen molar-refractivity contribution in [2.45, 2.75) is 6.92 Å². The van der Waals surface area contributed by atoms with Crippen molar-refractivity contribution in [2.24, 2.45) is 5.10 Å². The molecule has 0 radical (unpaired) electrons. The molecule has 0 atom stereocenters. The lowest BCUT2D eigenvalue weighted by Gasteiger charge is -1.97. The molecule has 0 fully saturated rings. The van der Waals surface area contributed by atoms with Crippen LogP contribution in [0.3, 0.4) is 0 Å². The number of nitrogens with one attached hydrogen (secondary N) is 2. The first-order valence-corrected chi connectivity index (χ1v) is 6.06. The van der Waals surface area contributed by atoms with E-state index in [9.17, 15) is 4.79 Å². The van der Waals surface area contributed by atoms with Crippen molar-refractivity contribution in [2.75, 3.05) is 0 Å². The fourth-order valence-corrected chi connectivity index (χ4v) is 1.72. The van der Waals surface area contributed by atoms with E-state index >= 15 is 0 Å². The van der Waals surface area contributed by atoms with E-state index in [1.165, 1.54) is 0 Å². The quantitative estimate of drug-likeness (QED) is 0.674. The molecule has 1 aromatic heterocycles. The van der Waals surface area contributed by atoms with Crippen LogP contribution in [0.1, 0.15) is 21.7 Å². The van der Waals surface area contributed by atoms with Gasteiger partial charge in [-0.2, -0.15) is 10.2 Å². The van der Waals surface area contributed by atoms with Crippen LogP contribution < -0.4 is 5.43 Å². The molecule has 0 spiro atoms. The minimum Gasteiger partial charge on any atom is -0.282 e. The van der Waals surface area contributed by atoms with Crippen molar-refractivity contribution in [3.05, 3.63) is 51.8 Å². The second-order valence-corrected chi connectivity index (χ2v) is 4.51. The summed E-state index contributed by atoms with van der Waals surface area (Å²) in [5.74, 6) is -0.345. The summed E-state index contributed by atoms with van der Waals surface area (Å²) in [6.07, 6.45) is 1.57. The predicted molar refractivity (Wildman–Crippen MR) is 72.5 cm³/mol. The zero-order chi connectivity index (χ0) is 13.0. The van der Waals surface area contributed by atoms with Gasteiger partial charge in [0.1, 0.15) is 0 Å². The lowest BCUT2D eigenvalue weighted by atomic mass is 10.2. The minimum absolute atomic E-state index is 0.316. The number of carbonyl (C=O) groups excluding carboxylic acids is 1. The smallest absolute Gasteiger partial charge is 0.282 e. The van der Waals surface area contributed by atoms with Crippen molar-refractivity contribution >= 4 is 28.1 Å². The molecular weight excluding hydrogens is 296 g/mol. The molecule has 0 unspecified atom stereocenters. The predicted octanol–water partition coefficient (Wildman–Crippen LogP) is 2.24. The Labute approximate surface area is 112 Å². The summed E-state index contributed by atoms with van der Waals surface area (Å²) in [5.41, 5.74) is 4.45. The molecule has 0 saturated heterocycles. The largest absolute Gasteiger partial charge is 0.291 e. The van der Waals surface area contributed by atoms with Gasteiger partial charge in [0, 0.05) is 15.7 Å². The highest BCUT2D eigenvalue weighted by molar-refractivity contribution is 9.10. The summed E-state index contributed by atoms with van der Waals surface area (Å²) in [6, 6.07) is 9.25. The summed E-state index contributed by atoms with van der Waals surface area (Å²) >= 11 is 3.39. The average Bonchev–Trinajstić information content (AvgIpc) is 2.78. The summed E-state index contributed by atoms with van der Waals surface area (Å²) in [4.78, 5) is 11.6. The number of amides is 1. The lowest BCUT2D eigenvalue weighted by molar-refractivity contribution is 0.0950. The number of aromatic nitrogens is 2. The molecule has 6 heteroatoms. The molecule has 2 aromatic rings. The van der Waals surface area contributed by atoms with Crippen molar-refractivity contribution in [1.29, 1.82) is 0 Å². The maximum Gasteiger partial charge on any atom is 0.291 e. The van der Waals surface area contributed by atoms with Gasteiger partial charge in [0.05, 0.1) is 6.21 Å². The molecule has 0 bridgehead atoms. The molecule has 1 amide bonds. The lowest BCUT2D eigenvalue weighted by Crippen LogP contribution is -2.18. The molecule has 0 saturated carbocycles. The van der Waals surface area contributed by atoms with Gasteiger partial charge >= 0.3 is 0 Å². The number of H-pyrrole nitrogens is 1. The summed E-state index contributed by atoms with van der Waals surface area (Å²) < 4.78 is 0.915. The van der Waals surface area contributed by atoms with Gasteiger partial charge < -0.3 is 0 Å². The monoisotopic (exact) mass is 306 g/mol. The number of hydrogen-bond donors (Lipinski definition) is 2. The molecule has 1 heterocycles. The molecule has 1 aromatic carbocycles. The van der Waals surface area contributed by atoms with Gasteiger partial charge in [0.25, 0.3) is 5.91 Å². The van der Waals surface area contributed by atoms with Crippen LogP contribution in [0.2, 0.25) is 0 Å². The number of aryl methyl sites for hydroxylation is 1. The molecule has 0 aliphatic carbocycles. The van der Waals surface area contributed by atoms with Crippen LogP contribution in [0.15, 0.2) is 39.9 Å². The number of aromatic amines is 1. The second kappa shape index (κ2) is 5.59. The number of halogens is 1. The van der Waals surface area contributed by atoms with Gasteiger partial charge in [-0.05, 0) is 19.1 Å². The highest BCUT2D eigenvalue weighted by Crippen LogP contribution is 2.13. The van der Waals surface area contributed by atoms with Crippen LogP contribution >= 0.6 is 15.9 Å². The fourth-order valence-electron chi connectivity index (χ4n) is 1.33. The van der Waals surface area contributed by atoms with E-state index in [1.54, 1.807) is 12.3 Å². The number of carbonyl (C=O) groups is 1. The number of hydrazone groups is 1. The highest BCUT2D eigenvalue weighted by Gasteiger charge is 2.07. The molecule has 18 heavy (non-hydrogen) atoms. The zero-order valence-electron chi connectivity index (χ0n) is 9.64. The number of hydrogen-bond acceptors (Lipinski definition) is 3. The first kappa shape index (κ1) is 12.5. The van der Waals surface area contributed by atoms with Gasteiger partial charge in [-0.3, -0.25) is 9.89 Å². The normalized spacial score (nSPS) is 10.8. The Kier molecular flexibility index (Phi) is 3.88. The van der Waals surface area contributed by atoms with Crippen LogP contribution in [-0.2, 0) is 0 Å². The Balaban J connectivity index is 2.00. The Morgan fingerprint density at radius 1 is 1.50 bits per heavy atom. The molecule has 2 N–H and O–H groups in total. The van der Waals surface area contributed by atoms with E-state index in [4.69, 9.17) is 0 Å². The average molecular weight is 307 g/mol. The van der Waals surface area contributed by atoms with E-state index in [1.807, 2.05) is 31.2 Å². The van der Waals surface area contributed by atoms with Crippen molar-refractivity contribution in [1.82, 2.24) is 15.6 Å². The maximum absolute atomic E-state index is 11.6. The zero-order valence-corrected chi connectivity index (χ0v) is 11.2. The van der Waals surface area contributed by atoms with Gasteiger partial charge in [-0.25, -0.2) is 5.43 Å². The van der Waals surface area contributed by atoms with Crippen molar-refractivity contribution in [3.8, 4) is 0 Å². The Morgan fingerprint density at radius 3 is 2.94 bits per heavy atom. The van der Waals surface area contributed by atoms with Crippen LogP contribution in [0.5, 0.6) is 0 Å². The van der Waals surface area contributed by atoms with Crippen LogP contribution in [0.4, 0.5) is 0 Å².